The van der Waals surface area contributed by atoms with Gasteiger partial charge in [0, 0.05) is 23.0 Å². The molecule has 2 aromatic rings. The lowest BCUT2D eigenvalue weighted by atomic mass is 10.2. The van der Waals surface area contributed by atoms with Crippen molar-refractivity contribution in [3.63, 3.8) is 0 Å². The smallest absolute Gasteiger partial charge is 0.254 e. The van der Waals surface area contributed by atoms with Crippen LogP contribution in [0.3, 0.4) is 0 Å². The Bertz CT molecular complexity index is 560. The highest BCUT2D eigenvalue weighted by molar-refractivity contribution is 9.10. The minimum atomic E-state index is -0.211. The van der Waals surface area contributed by atoms with Gasteiger partial charge in [0.25, 0.3) is 5.56 Å². The van der Waals surface area contributed by atoms with Gasteiger partial charge in [0.15, 0.2) is 0 Å². The molecule has 0 fully saturated rings. The monoisotopic (exact) mass is 253 g/mol. The molecule has 1 aromatic heterocycles. The van der Waals surface area contributed by atoms with E-state index >= 15 is 0 Å². The predicted octanol–water partition coefficient (Wildman–Crippen LogP) is 2.01. The van der Waals surface area contributed by atoms with Crippen LogP contribution in [-0.4, -0.2) is 9.67 Å². The van der Waals surface area contributed by atoms with E-state index in [1.807, 2.05) is 6.07 Å². The molecule has 1 heterocycles. The third-order valence-corrected chi connectivity index (χ3v) is 2.68. The van der Waals surface area contributed by atoms with E-state index in [1.54, 1.807) is 19.2 Å². The summed E-state index contributed by atoms with van der Waals surface area (Å²) in [4.78, 5) is 11.3. The van der Waals surface area contributed by atoms with E-state index in [9.17, 15) is 9.90 Å². The summed E-state index contributed by atoms with van der Waals surface area (Å²) in [6.07, 6.45) is 0. The maximum absolute atomic E-state index is 11.3. The van der Waals surface area contributed by atoms with E-state index in [0.717, 1.165) is 9.99 Å². The Morgan fingerprint density at radius 1 is 1.36 bits per heavy atom. The first kappa shape index (κ1) is 9.27. The molecular formula is C10H8BrNO2. The number of halogens is 1. The van der Waals surface area contributed by atoms with Crippen molar-refractivity contribution >= 4 is 26.8 Å². The number of benzene rings is 1. The van der Waals surface area contributed by atoms with Crippen molar-refractivity contribution in [2.24, 2.45) is 7.05 Å². The van der Waals surface area contributed by atoms with Gasteiger partial charge in [0.1, 0.15) is 5.75 Å². The largest absolute Gasteiger partial charge is 0.507 e. The minimum absolute atomic E-state index is 0.0180. The molecule has 14 heavy (non-hydrogen) atoms. The Kier molecular flexibility index (Phi) is 2.07. The summed E-state index contributed by atoms with van der Waals surface area (Å²) in [5.74, 6) is 0.0180. The Morgan fingerprint density at radius 3 is 2.79 bits per heavy atom. The second-order valence-electron chi connectivity index (χ2n) is 3.09. The number of rotatable bonds is 0. The Hall–Kier alpha value is -1.29. The first-order valence-electron chi connectivity index (χ1n) is 4.08. The molecule has 0 spiro atoms. The molecule has 0 atom stereocenters. The molecule has 0 aliphatic rings. The average Bonchev–Trinajstić information content (AvgIpc) is 2.14. The average molecular weight is 254 g/mol. The van der Waals surface area contributed by atoms with Gasteiger partial charge in [-0.25, -0.2) is 0 Å². The van der Waals surface area contributed by atoms with Crippen LogP contribution in [0.25, 0.3) is 10.9 Å². The quantitative estimate of drug-likeness (QED) is 0.781. The summed E-state index contributed by atoms with van der Waals surface area (Å²) >= 11 is 3.31. The van der Waals surface area contributed by atoms with Crippen LogP contribution in [0.1, 0.15) is 0 Å². The zero-order valence-corrected chi connectivity index (χ0v) is 9.08. The third kappa shape index (κ3) is 1.32. The lowest BCUT2D eigenvalue weighted by Crippen LogP contribution is -2.15. The Morgan fingerprint density at radius 2 is 2.07 bits per heavy atom. The van der Waals surface area contributed by atoms with Crippen molar-refractivity contribution in [1.29, 1.82) is 0 Å². The van der Waals surface area contributed by atoms with E-state index in [0.29, 0.717) is 5.39 Å². The SMILES string of the molecule is Cn1c(=O)cc(O)c2cc(Br)ccc21. The van der Waals surface area contributed by atoms with E-state index < -0.39 is 0 Å². The van der Waals surface area contributed by atoms with Crippen LogP contribution in [0.2, 0.25) is 0 Å². The lowest BCUT2D eigenvalue weighted by Gasteiger charge is -2.06. The van der Waals surface area contributed by atoms with Gasteiger partial charge in [-0.2, -0.15) is 0 Å². The van der Waals surface area contributed by atoms with Gasteiger partial charge in [-0.1, -0.05) is 15.9 Å². The second-order valence-corrected chi connectivity index (χ2v) is 4.00. The van der Waals surface area contributed by atoms with Crippen LogP contribution in [0.4, 0.5) is 0 Å². The summed E-state index contributed by atoms with van der Waals surface area (Å²) in [7, 11) is 1.68. The van der Waals surface area contributed by atoms with Crippen LogP contribution in [0.5, 0.6) is 5.75 Å². The topological polar surface area (TPSA) is 42.2 Å². The highest BCUT2D eigenvalue weighted by Gasteiger charge is 2.05. The molecule has 4 heteroatoms. The molecule has 0 amide bonds. The van der Waals surface area contributed by atoms with E-state index in [1.165, 1.54) is 10.6 Å². The normalized spacial score (nSPS) is 10.7. The predicted molar refractivity (Wildman–Crippen MR) is 58.6 cm³/mol. The van der Waals surface area contributed by atoms with Crippen LogP contribution in [-0.2, 0) is 7.05 Å². The van der Waals surface area contributed by atoms with Crippen molar-refractivity contribution < 1.29 is 5.11 Å². The van der Waals surface area contributed by atoms with Crippen LogP contribution < -0.4 is 5.56 Å². The van der Waals surface area contributed by atoms with Gasteiger partial charge in [0.2, 0.25) is 0 Å². The maximum atomic E-state index is 11.3. The molecule has 72 valence electrons. The van der Waals surface area contributed by atoms with Crippen molar-refractivity contribution in [2.75, 3.05) is 0 Å². The van der Waals surface area contributed by atoms with Gasteiger partial charge in [-0.3, -0.25) is 4.79 Å². The number of hydrogen-bond acceptors (Lipinski definition) is 2. The van der Waals surface area contributed by atoms with Crippen molar-refractivity contribution in [3.05, 3.63) is 39.1 Å². The molecule has 0 aliphatic carbocycles. The van der Waals surface area contributed by atoms with Gasteiger partial charge in [-0.05, 0) is 18.2 Å². The van der Waals surface area contributed by atoms with Crippen molar-refractivity contribution in [3.8, 4) is 5.75 Å². The second kappa shape index (κ2) is 3.13. The first-order chi connectivity index (χ1) is 6.59. The van der Waals surface area contributed by atoms with Crippen LogP contribution >= 0.6 is 15.9 Å². The highest BCUT2D eigenvalue weighted by atomic mass is 79.9. The van der Waals surface area contributed by atoms with Gasteiger partial charge in [-0.15, -0.1) is 0 Å². The van der Waals surface area contributed by atoms with Crippen LogP contribution in [0.15, 0.2) is 33.5 Å². The molecule has 0 unspecified atom stereocenters. The molecule has 2 rings (SSSR count). The standard InChI is InChI=1S/C10H8BrNO2/c1-12-8-3-2-6(11)4-7(8)9(13)5-10(12)14/h2-5,13H,1H3. The molecule has 1 aromatic carbocycles. The number of pyridine rings is 1. The minimum Gasteiger partial charge on any atom is -0.507 e. The molecule has 0 aliphatic heterocycles. The summed E-state index contributed by atoms with van der Waals surface area (Å²) < 4.78 is 2.38. The van der Waals surface area contributed by atoms with Gasteiger partial charge >= 0.3 is 0 Å². The van der Waals surface area contributed by atoms with E-state index in [4.69, 9.17) is 0 Å². The number of hydrogen-bond donors (Lipinski definition) is 1. The van der Waals surface area contributed by atoms with Crippen molar-refractivity contribution in [2.45, 2.75) is 0 Å². The number of nitrogens with zero attached hydrogens (tertiary/aromatic N) is 1. The highest BCUT2D eigenvalue weighted by Crippen LogP contribution is 2.25. The molecule has 0 saturated carbocycles. The first-order valence-corrected chi connectivity index (χ1v) is 4.87. The van der Waals surface area contributed by atoms with Crippen molar-refractivity contribution in [1.82, 2.24) is 4.57 Å². The van der Waals surface area contributed by atoms with Gasteiger partial charge in [0.05, 0.1) is 5.52 Å². The molecule has 0 radical (unpaired) electrons. The Labute approximate surface area is 88.7 Å². The summed E-state index contributed by atoms with van der Waals surface area (Å²) in [6, 6.07) is 6.63. The summed E-state index contributed by atoms with van der Waals surface area (Å²) in [5.41, 5.74) is 0.510. The molecule has 1 N–H and O–H groups in total. The molecule has 0 saturated heterocycles. The van der Waals surface area contributed by atoms with E-state index in [2.05, 4.69) is 15.9 Å². The molecular weight excluding hydrogens is 246 g/mol. The fraction of sp³-hybridized carbons (Fsp3) is 0.100. The fourth-order valence-corrected chi connectivity index (χ4v) is 1.78. The fourth-order valence-electron chi connectivity index (χ4n) is 1.42. The number of aromatic hydroxyl groups is 1. The van der Waals surface area contributed by atoms with E-state index in [-0.39, 0.29) is 11.3 Å². The molecule has 0 bridgehead atoms. The summed E-state index contributed by atoms with van der Waals surface area (Å²) in [5, 5.41) is 10.2. The maximum Gasteiger partial charge on any atom is 0.254 e. The van der Waals surface area contributed by atoms with Gasteiger partial charge < -0.3 is 9.67 Å². The number of aryl methyl sites for hydroxylation is 1. The number of aromatic nitrogens is 1. The molecule has 3 nitrogen and oxygen atoms in total. The summed E-state index contributed by atoms with van der Waals surface area (Å²) in [6.45, 7) is 0. The Balaban J connectivity index is 3.02. The zero-order chi connectivity index (χ0) is 10.3. The lowest BCUT2D eigenvalue weighted by molar-refractivity contribution is 0.479. The number of fused-ring (bicyclic) bond motifs is 1. The van der Waals surface area contributed by atoms with Crippen LogP contribution in [0, 0.1) is 0 Å². The third-order valence-electron chi connectivity index (χ3n) is 2.19. The zero-order valence-electron chi connectivity index (χ0n) is 7.49.